The summed E-state index contributed by atoms with van der Waals surface area (Å²) in [7, 11) is 0. The van der Waals surface area contributed by atoms with Crippen LogP contribution in [0.5, 0.6) is 0 Å². The topological polar surface area (TPSA) is 97.9 Å². The highest BCUT2D eigenvalue weighted by molar-refractivity contribution is 5.75. The summed E-state index contributed by atoms with van der Waals surface area (Å²) in [5.41, 5.74) is 6.43. The lowest BCUT2D eigenvalue weighted by atomic mass is 9.77. The molecule has 22 heteroatoms. The second kappa shape index (κ2) is 19.9. The van der Waals surface area contributed by atoms with Crippen LogP contribution in [0.25, 0.3) is 0 Å². The van der Waals surface area contributed by atoms with Crippen molar-refractivity contribution in [1.29, 1.82) is 0 Å². The molecule has 1 aliphatic carbocycles. The number of piperidine rings is 2. The molecule has 362 valence electrons. The fourth-order valence-electron chi connectivity index (χ4n) is 9.50. The van der Waals surface area contributed by atoms with E-state index in [0.29, 0.717) is 58.7 Å². The highest BCUT2D eigenvalue weighted by Crippen LogP contribution is 2.47. The number of halogens is 12. The number of hydrogen-bond donors (Lipinski definition) is 0. The summed E-state index contributed by atoms with van der Waals surface area (Å²) in [6.07, 6.45) is -25.1. The maximum absolute atomic E-state index is 12.7. The standard InChI is InChI=1S/C21H24F6N2O3.C13H17F6NO2.C9H8O2/c22-20(23,24)17(21(25,26)27)32-18(30)28-8-5-19(6-9-28)4-1-7-29(19)11-14-2-3-15-12-31-13-16(15)10-14;14-12(15,16)9(13(17,18)19)22-10(21)20-7-5-11(6-8-20)3-1-2-4-11;10-4-7-1-2-8-5-11-6-9(8)3-7/h2-3,10,17H,1,4-9,11-13H2;9H,1-8H2;1-4H,5-6H2. The van der Waals surface area contributed by atoms with Crippen LogP contribution in [0.4, 0.5) is 62.3 Å². The largest absolute Gasteiger partial charge is 0.434 e. The van der Waals surface area contributed by atoms with Gasteiger partial charge in [0.05, 0.1) is 26.4 Å². The van der Waals surface area contributed by atoms with E-state index in [9.17, 15) is 67.1 Å². The van der Waals surface area contributed by atoms with Gasteiger partial charge in [0.2, 0.25) is 0 Å². The van der Waals surface area contributed by atoms with Gasteiger partial charge in [-0.05, 0) is 97.2 Å². The number of hydrogen-bond acceptors (Lipinski definition) is 8. The highest BCUT2D eigenvalue weighted by Gasteiger charge is 2.61. The van der Waals surface area contributed by atoms with Crippen molar-refractivity contribution in [2.45, 2.75) is 140 Å². The van der Waals surface area contributed by atoms with Crippen molar-refractivity contribution in [3.05, 3.63) is 69.8 Å². The SMILES string of the molecule is O=C(OC(C(F)(F)F)C(F)(F)F)N1CCC2(CCCC2)CC1.O=C(OC(C(F)(F)F)C(F)(F)F)N1CCC2(CCCN2Cc2ccc3c(c2)COC3)CC1.O=Cc1ccc2c(c1)COC2. The lowest BCUT2D eigenvalue weighted by molar-refractivity contribution is -0.309. The Morgan fingerprint density at radius 1 is 0.569 bits per heavy atom. The number of carbonyl (C=O) groups is 3. The van der Waals surface area contributed by atoms with E-state index >= 15 is 0 Å². The Labute approximate surface area is 366 Å². The Morgan fingerprint density at radius 2 is 1.02 bits per heavy atom. The molecule has 65 heavy (non-hydrogen) atoms. The molecule has 5 aliphatic heterocycles. The molecule has 8 rings (SSSR count). The van der Waals surface area contributed by atoms with E-state index in [1.165, 1.54) is 11.1 Å². The minimum absolute atomic E-state index is 0.0514. The van der Waals surface area contributed by atoms with Crippen LogP contribution in [0, 0.1) is 5.41 Å². The minimum Gasteiger partial charge on any atom is -0.426 e. The summed E-state index contributed by atoms with van der Waals surface area (Å²) >= 11 is 0. The fraction of sp³-hybridized carbons (Fsp3) is 0.651. The molecule has 2 aromatic rings. The Bertz CT molecular complexity index is 1940. The highest BCUT2D eigenvalue weighted by atomic mass is 19.4. The summed E-state index contributed by atoms with van der Waals surface area (Å²) < 4.78 is 169. The van der Waals surface area contributed by atoms with Crippen LogP contribution < -0.4 is 0 Å². The number of benzene rings is 2. The van der Waals surface area contributed by atoms with E-state index in [0.717, 1.165) is 83.4 Å². The Morgan fingerprint density at radius 3 is 1.49 bits per heavy atom. The number of ether oxygens (including phenoxy) is 4. The van der Waals surface area contributed by atoms with Crippen molar-refractivity contribution < 1.29 is 86.0 Å². The van der Waals surface area contributed by atoms with Gasteiger partial charge in [0, 0.05) is 43.8 Å². The van der Waals surface area contributed by atoms with Gasteiger partial charge in [-0.15, -0.1) is 0 Å². The van der Waals surface area contributed by atoms with Crippen LogP contribution in [-0.2, 0) is 51.9 Å². The smallest absolute Gasteiger partial charge is 0.426 e. The Hall–Kier alpha value is -4.31. The summed E-state index contributed by atoms with van der Waals surface area (Å²) in [5, 5.41) is 0. The molecule has 0 radical (unpaired) electrons. The Kier molecular flexibility index (Phi) is 15.3. The van der Waals surface area contributed by atoms with E-state index in [1.807, 2.05) is 18.2 Å². The van der Waals surface area contributed by atoms with Gasteiger partial charge in [-0.3, -0.25) is 9.69 Å². The lowest BCUT2D eigenvalue weighted by Crippen LogP contribution is -2.54. The number of nitrogens with zero attached hydrogens (tertiary/aromatic N) is 3. The molecular weight excluding hydrogens is 898 g/mol. The van der Waals surface area contributed by atoms with E-state index in [2.05, 4.69) is 32.6 Å². The third-order valence-electron chi connectivity index (χ3n) is 13.1. The molecule has 2 amide bonds. The zero-order valence-electron chi connectivity index (χ0n) is 35.1. The molecule has 0 atom stereocenters. The molecule has 6 aliphatic rings. The number of aldehydes is 1. The quantitative estimate of drug-likeness (QED) is 0.216. The maximum Gasteiger partial charge on any atom is 0.434 e. The number of rotatable bonds is 5. The molecule has 3 saturated heterocycles. The first-order chi connectivity index (χ1) is 30.4. The summed E-state index contributed by atoms with van der Waals surface area (Å²) in [6.45, 7) is 4.46. The molecule has 4 fully saturated rings. The van der Waals surface area contributed by atoms with Crippen molar-refractivity contribution in [3.63, 3.8) is 0 Å². The van der Waals surface area contributed by atoms with Gasteiger partial charge in [-0.2, -0.15) is 52.7 Å². The van der Waals surface area contributed by atoms with Crippen molar-refractivity contribution in [3.8, 4) is 0 Å². The monoisotopic (exact) mass is 947 g/mol. The van der Waals surface area contributed by atoms with Crippen molar-refractivity contribution in [2.75, 3.05) is 32.7 Å². The third kappa shape index (κ3) is 12.6. The predicted molar refractivity (Wildman–Crippen MR) is 205 cm³/mol. The fourth-order valence-corrected chi connectivity index (χ4v) is 9.50. The van der Waals surface area contributed by atoms with Gasteiger partial charge >= 0.3 is 36.9 Å². The van der Waals surface area contributed by atoms with Crippen LogP contribution in [0.2, 0.25) is 0 Å². The van der Waals surface area contributed by atoms with Crippen LogP contribution >= 0.6 is 0 Å². The first kappa shape index (κ1) is 50.1. The van der Waals surface area contributed by atoms with Crippen molar-refractivity contribution >= 4 is 18.5 Å². The maximum atomic E-state index is 12.7. The minimum atomic E-state index is -5.71. The van der Waals surface area contributed by atoms with Crippen molar-refractivity contribution in [1.82, 2.24) is 14.7 Å². The van der Waals surface area contributed by atoms with Gasteiger partial charge in [0.15, 0.2) is 0 Å². The first-order valence-electron chi connectivity index (χ1n) is 21.2. The first-order valence-corrected chi connectivity index (χ1v) is 21.2. The normalized spacial score (nSPS) is 20.6. The number of amides is 2. The third-order valence-corrected chi connectivity index (χ3v) is 13.1. The van der Waals surface area contributed by atoms with Gasteiger partial charge in [-0.25, -0.2) is 9.59 Å². The molecule has 0 N–H and O–H groups in total. The van der Waals surface area contributed by atoms with Gasteiger partial charge < -0.3 is 28.7 Å². The van der Waals surface area contributed by atoms with Crippen LogP contribution in [0.3, 0.4) is 0 Å². The number of alkyl halides is 12. The summed E-state index contributed by atoms with van der Waals surface area (Å²) in [6, 6.07) is 11.9. The van der Waals surface area contributed by atoms with E-state index in [-0.39, 0.29) is 37.1 Å². The average Bonchev–Trinajstić information content (AvgIpc) is 4.07. The molecule has 0 aromatic heterocycles. The molecule has 0 bridgehead atoms. The van der Waals surface area contributed by atoms with Crippen LogP contribution in [0.15, 0.2) is 36.4 Å². The molecule has 5 heterocycles. The number of likely N-dealkylation sites (tertiary alicyclic amines) is 3. The predicted octanol–water partition coefficient (Wildman–Crippen LogP) is 10.6. The molecular formula is C43H49F12N3O7. The molecule has 2 spiro atoms. The molecule has 10 nitrogen and oxygen atoms in total. The van der Waals surface area contributed by atoms with E-state index < -0.39 is 49.1 Å². The summed E-state index contributed by atoms with van der Waals surface area (Å²) in [4.78, 5) is 38.2. The Balaban J connectivity index is 0.000000182. The number of fused-ring (bicyclic) bond motifs is 2. The van der Waals surface area contributed by atoms with Crippen LogP contribution in [-0.4, -0.2) is 108 Å². The van der Waals surface area contributed by atoms with Crippen molar-refractivity contribution in [2.24, 2.45) is 5.41 Å². The second-order valence-corrected chi connectivity index (χ2v) is 17.4. The zero-order chi connectivity index (χ0) is 47.4. The van der Waals surface area contributed by atoms with Crippen LogP contribution in [0.1, 0.15) is 102 Å². The van der Waals surface area contributed by atoms with E-state index in [1.54, 1.807) is 0 Å². The molecule has 2 aromatic carbocycles. The average molecular weight is 948 g/mol. The van der Waals surface area contributed by atoms with E-state index in [4.69, 9.17) is 9.47 Å². The summed E-state index contributed by atoms with van der Waals surface area (Å²) in [5.74, 6) is 0. The lowest BCUT2D eigenvalue weighted by Gasteiger charge is -2.45. The van der Waals surface area contributed by atoms with Gasteiger partial charge in [0.1, 0.15) is 6.29 Å². The van der Waals surface area contributed by atoms with Gasteiger partial charge in [-0.1, -0.05) is 43.2 Å². The second-order valence-electron chi connectivity index (χ2n) is 17.4. The zero-order valence-corrected chi connectivity index (χ0v) is 35.1. The van der Waals surface area contributed by atoms with Gasteiger partial charge in [0.25, 0.3) is 12.2 Å². The molecule has 0 unspecified atom stereocenters. The number of carbonyl (C=O) groups excluding carboxylic acids is 3. The molecule has 1 saturated carbocycles.